The fraction of sp³-hybridized carbons (Fsp3) is 0.154. The molecule has 0 spiro atoms. The summed E-state index contributed by atoms with van der Waals surface area (Å²) >= 11 is 0. The first kappa shape index (κ1) is 13.6. The number of nitro groups is 1. The SMILES string of the molecule is COc1ccc(OC)c(-c2nc(N)ccc2[N+](=O)[O-])c1. The molecule has 7 heteroatoms. The van der Waals surface area contributed by atoms with Crippen LogP contribution in [-0.2, 0) is 0 Å². The van der Waals surface area contributed by atoms with Crippen molar-refractivity contribution in [2.75, 3.05) is 20.0 Å². The summed E-state index contributed by atoms with van der Waals surface area (Å²) in [5, 5.41) is 11.1. The summed E-state index contributed by atoms with van der Waals surface area (Å²) < 4.78 is 10.3. The largest absolute Gasteiger partial charge is 0.497 e. The van der Waals surface area contributed by atoms with E-state index >= 15 is 0 Å². The molecule has 7 nitrogen and oxygen atoms in total. The van der Waals surface area contributed by atoms with Gasteiger partial charge in [-0.1, -0.05) is 0 Å². The quantitative estimate of drug-likeness (QED) is 0.678. The number of hydrogen-bond acceptors (Lipinski definition) is 6. The number of benzene rings is 1. The van der Waals surface area contributed by atoms with Crippen molar-refractivity contribution in [1.82, 2.24) is 4.98 Å². The Kier molecular flexibility index (Phi) is 3.69. The van der Waals surface area contributed by atoms with Gasteiger partial charge in [-0.3, -0.25) is 10.1 Å². The van der Waals surface area contributed by atoms with Crippen molar-refractivity contribution in [3.8, 4) is 22.8 Å². The van der Waals surface area contributed by atoms with Crippen molar-refractivity contribution in [2.45, 2.75) is 0 Å². The maximum Gasteiger partial charge on any atom is 0.295 e. The topological polar surface area (TPSA) is 101 Å². The molecule has 2 rings (SSSR count). The Bertz CT molecular complexity index is 658. The molecule has 104 valence electrons. The first-order chi connectivity index (χ1) is 9.56. The number of nitrogens with zero attached hydrogens (tertiary/aromatic N) is 2. The van der Waals surface area contributed by atoms with Gasteiger partial charge in [0.15, 0.2) is 5.69 Å². The maximum absolute atomic E-state index is 11.1. The van der Waals surface area contributed by atoms with E-state index in [0.29, 0.717) is 17.1 Å². The molecule has 0 amide bonds. The van der Waals surface area contributed by atoms with Gasteiger partial charge in [-0.15, -0.1) is 0 Å². The lowest BCUT2D eigenvalue weighted by Crippen LogP contribution is -2.00. The molecule has 1 heterocycles. The molecule has 0 fully saturated rings. The van der Waals surface area contributed by atoms with Crippen molar-refractivity contribution in [1.29, 1.82) is 0 Å². The fourth-order valence-electron chi connectivity index (χ4n) is 1.81. The van der Waals surface area contributed by atoms with E-state index in [1.165, 1.54) is 26.4 Å². The summed E-state index contributed by atoms with van der Waals surface area (Å²) in [6.07, 6.45) is 0. The molecule has 0 unspecified atom stereocenters. The molecule has 2 aromatic rings. The molecule has 0 radical (unpaired) electrons. The zero-order valence-corrected chi connectivity index (χ0v) is 11.0. The highest BCUT2D eigenvalue weighted by atomic mass is 16.6. The molecule has 0 aliphatic carbocycles. The molecular weight excluding hydrogens is 262 g/mol. The van der Waals surface area contributed by atoms with Crippen LogP contribution in [0.2, 0.25) is 0 Å². The second kappa shape index (κ2) is 5.43. The average Bonchev–Trinajstić information content (AvgIpc) is 2.46. The first-order valence-corrected chi connectivity index (χ1v) is 5.70. The van der Waals surface area contributed by atoms with E-state index in [2.05, 4.69) is 4.98 Å². The maximum atomic E-state index is 11.1. The highest BCUT2D eigenvalue weighted by Crippen LogP contribution is 2.37. The van der Waals surface area contributed by atoms with Crippen LogP contribution in [-0.4, -0.2) is 24.1 Å². The molecule has 2 N–H and O–H groups in total. The Balaban J connectivity index is 2.72. The van der Waals surface area contributed by atoms with Gasteiger partial charge < -0.3 is 15.2 Å². The van der Waals surface area contributed by atoms with Gasteiger partial charge in [-0.2, -0.15) is 0 Å². The highest BCUT2D eigenvalue weighted by Gasteiger charge is 2.21. The summed E-state index contributed by atoms with van der Waals surface area (Å²) in [6.45, 7) is 0. The Morgan fingerprint density at radius 1 is 1.20 bits per heavy atom. The number of rotatable bonds is 4. The van der Waals surface area contributed by atoms with Crippen LogP contribution in [0.15, 0.2) is 30.3 Å². The van der Waals surface area contributed by atoms with Crippen molar-refractivity contribution in [3.63, 3.8) is 0 Å². The van der Waals surface area contributed by atoms with E-state index in [4.69, 9.17) is 15.2 Å². The van der Waals surface area contributed by atoms with Crippen molar-refractivity contribution < 1.29 is 14.4 Å². The van der Waals surface area contributed by atoms with Gasteiger partial charge >= 0.3 is 0 Å². The van der Waals surface area contributed by atoms with Gasteiger partial charge in [-0.05, 0) is 24.3 Å². The lowest BCUT2D eigenvalue weighted by atomic mass is 10.1. The second-order valence-electron chi connectivity index (χ2n) is 3.93. The van der Waals surface area contributed by atoms with Crippen LogP contribution in [0.4, 0.5) is 11.5 Å². The van der Waals surface area contributed by atoms with Crippen LogP contribution in [0.25, 0.3) is 11.3 Å². The molecule has 1 aromatic heterocycles. The van der Waals surface area contributed by atoms with Crippen LogP contribution in [0.3, 0.4) is 0 Å². The molecule has 20 heavy (non-hydrogen) atoms. The van der Waals surface area contributed by atoms with Crippen LogP contribution < -0.4 is 15.2 Å². The summed E-state index contributed by atoms with van der Waals surface area (Å²) in [7, 11) is 2.98. The molecule has 0 atom stereocenters. The van der Waals surface area contributed by atoms with E-state index in [1.807, 2.05) is 0 Å². The number of hydrogen-bond donors (Lipinski definition) is 1. The lowest BCUT2D eigenvalue weighted by Gasteiger charge is -2.10. The molecule has 0 aliphatic heterocycles. The number of pyridine rings is 1. The Hall–Kier alpha value is -2.83. The number of ether oxygens (including phenoxy) is 2. The number of methoxy groups -OCH3 is 2. The zero-order chi connectivity index (χ0) is 14.7. The minimum Gasteiger partial charge on any atom is -0.497 e. The second-order valence-corrected chi connectivity index (χ2v) is 3.93. The van der Waals surface area contributed by atoms with Gasteiger partial charge in [0, 0.05) is 6.07 Å². The van der Waals surface area contributed by atoms with Gasteiger partial charge in [0.05, 0.1) is 24.7 Å². The van der Waals surface area contributed by atoms with Crippen LogP contribution in [0.5, 0.6) is 11.5 Å². The van der Waals surface area contributed by atoms with Gasteiger partial charge in [-0.25, -0.2) is 4.98 Å². The minimum absolute atomic E-state index is 0.144. The minimum atomic E-state index is -0.513. The van der Waals surface area contributed by atoms with Crippen LogP contribution in [0, 0.1) is 10.1 Å². The number of nitrogen functional groups attached to an aromatic ring is 1. The number of aromatic nitrogens is 1. The number of nitrogens with two attached hydrogens (primary N) is 1. The number of anilines is 1. The average molecular weight is 275 g/mol. The Morgan fingerprint density at radius 3 is 2.55 bits per heavy atom. The van der Waals surface area contributed by atoms with Crippen LogP contribution >= 0.6 is 0 Å². The lowest BCUT2D eigenvalue weighted by molar-refractivity contribution is -0.384. The molecule has 0 saturated heterocycles. The third kappa shape index (κ3) is 2.46. The Labute approximate surface area is 115 Å². The van der Waals surface area contributed by atoms with E-state index in [0.717, 1.165) is 0 Å². The molecule has 0 aliphatic rings. The molecular formula is C13H13N3O4. The summed E-state index contributed by atoms with van der Waals surface area (Å²) in [6, 6.07) is 7.67. The van der Waals surface area contributed by atoms with E-state index in [-0.39, 0.29) is 17.2 Å². The summed E-state index contributed by atoms with van der Waals surface area (Å²) in [5.74, 6) is 1.18. The predicted molar refractivity (Wildman–Crippen MR) is 73.8 cm³/mol. The Morgan fingerprint density at radius 2 is 1.95 bits per heavy atom. The third-order valence-corrected chi connectivity index (χ3v) is 2.75. The van der Waals surface area contributed by atoms with Crippen molar-refractivity contribution >= 4 is 11.5 Å². The fourth-order valence-corrected chi connectivity index (χ4v) is 1.81. The molecule has 1 aromatic carbocycles. The van der Waals surface area contributed by atoms with Gasteiger partial charge in [0.2, 0.25) is 0 Å². The van der Waals surface area contributed by atoms with E-state index < -0.39 is 4.92 Å². The van der Waals surface area contributed by atoms with Crippen molar-refractivity contribution in [3.05, 3.63) is 40.4 Å². The molecule has 0 bridgehead atoms. The first-order valence-electron chi connectivity index (χ1n) is 5.70. The standard InChI is InChI=1S/C13H13N3O4/c1-19-8-3-5-11(20-2)9(7-8)13-10(16(17)18)4-6-12(14)15-13/h3-7H,1-2H3,(H2,14,15). The molecule has 0 saturated carbocycles. The van der Waals surface area contributed by atoms with E-state index in [9.17, 15) is 10.1 Å². The van der Waals surface area contributed by atoms with Crippen molar-refractivity contribution in [2.24, 2.45) is 0 Å². The normalized spacial score (nSPS) is 10.1. The highest BCUT2D eigenvalue weighted by molar-refractivity contribution is 5.77. The summed E-state index contributed by atoms with van der Waals surface area (Å²) in [5.41, 5.74) is 6.07. The van der Waals surface area contributed by atoms with Crippen LogP contribution in [0.1, 0.15) is 0 Å². The summed E-state index contributed by atoms with van der Waals surface area (Å²) in [4.78, 5) is 14.6. The third-order valence-electron chi connectivity index (χ3n) is 2.75. The van der Waals surface area contributed by atoms with Gasteiger partial charge in [0.1, 0.15) is 17.3 Å². The zero-order valence-electron chi connectivity index (χ0n) is 11.0. The van der Waals surface area contributed by atoms with Gasteiger partial charge in [0.25, 0.3) is 5.69 Å². The predicted octanol–water partition coefficient (Wildman–Crippen LogP) is 2.26. The van der Waals surface area contributed by atoms with E-state index in [1.54, 1.807) is 18.2 Å². The monoisotopic (exact) mass is 275 g/mol. The smallest absolute Gasteiger partial charge is 0.295 e.